The van der Waals surface area contributed by atoms with Crippen molar-refractivity contribution in [3.05, 3.63) is 53.3 Å². The van der Waals surface area contributed by atoms with Gasteiger partial charge in [-0.2, -0.15) is 5.26 Å². The lowest BCUT2D eigenvalue weighted by molar-refractivity contribution is 0.414. The maximum atomic E-state index is 8.93. The average molecular weight is 269 g/mol. The Morgan fingerprint density at radius 1 is 1.35 bits per heavy atom. The van der Waals surface area contributed by atoms with E-state index in [4.69, 9.17) is 10.00 Å². The molecule has 1 atom stereocenters. The lowest BCUT2D eigenvalue weighted by atomic mass is 10.1. The largest absolute Gasteiger partial charge is 0.497 e. The predicted molar refractivity (Wildman–Crippen MR) is 78.4 cm³/mol. The van der Waals surface area contributed by atoms with E-state index >= 15 is 0 Å². The van der Waals surface area contributed by atoms with Crippen LogP contribution >= 0.6 is 0 Å². The number of aromatic nitrogens is 1. The zero-order valence-electron chi connectivity index (χ0n) is 12.1. The van der Waals surface area contributed by atoms with Crippen LogP contribution in [-0.2, 0) is 13.6 Å². The molecule has 20 heavy (non-hydrogen) atoms. The van der Waals surface area contributed by atoms with Gasteiger partial charge in [-0.05, 0) is 36.2 Å². The predicted octanol–water partition coefficient (Wildman–Crippen LogP) is 2.76. The molecule has 1 aromatic carbocycles. The minimum absolute atomic E-state index is 0.242. The first-order chi connectivity index (χ1) is 9.63. The zero-order chi connectivity index (χ0) is 14.5. The minimum Gasteiger partial charge on any atom is -0.497 e. The Kier molecular flexibility index (Phi) is 4.44. The lowest BCUT2D eigenvalue weighted by Crippen LogP contribution is -2.17. The maximum Gasteiger partial charge on any atom is 0.120 e. The van der Waals surface area contributed by atoms with E-state index < -0.39 is 0 Å². The first-order valence-corrected chi connectivity index (χ1v) is 6.56. The van der Waals surface area contributed by atoms with E-state index in [9.17, 15) is 0 Å². The third-order valence-electron chi connectivity index (χ3n) is 3.40. The molecule has 4 heteroatoms. The van der Waals surface area contributed by atoms with Gasteiger partial charge in [-0.25, -0.2) is 0 Å². The standard InChI is InChI=1S/C16H19N3O/c1-12(14-4-6-16(20-3)7-5-14)18-10-13-8-15(9-17)19(2)11-13/h4-8,11-12,18H,10H2,1-3H3/t12-/m1/s1. The van der Waals surface area contributed by atoms with E-state index in [1.54, 1.807) is 7.11 Å². The van der Waals surface area contributed by atoms with Crippen LogP contribution in [0.4, 0.5) is 0 Å². The van der Waals surface area contributed by atoms with Crippen molar-refractivity contribution in [2.75, 3.05) is 7.11 Å². The summed E-state index contributed by atoms with van der Waals surface area (Å²) >= 11 is 0. The van der Waals surface area contributed by atoms with E-state index in [0.29, 0.717) is 5.69 Å². The maximum absolute atomic E-state index is 8.93. The van der Waals surface area contributed by atoms with E-state index in [1.807, 2.05) is 36.0 Å². The van der Waals surface area contributed by atoms with Gasteiger partial charge in [0.25, 0.3) is 0 Å². The zero-order valence-corrected chi connectivity index (χ0v) is 12.1. The Labute approximate surface area is 119 Å². The van der Waals surface area contributed by atoms with E-state index in [1.165, 1.54) is 5.56 Å². The third-order valence-corrected chi connectivity index (χ3v) is 3.40. The van der Waals surface area contributed by atoms with E-state index in [-0.39, 0.29) is 6.04 Å². The van der Waals surface area contributed by atoms with Crippen molar-refractivity contribution < 1.29 is 4.74 Å². The summed E-state index contributed by atoms with van der Waals surface area (Å²) in [6, 6.07) is 12.4. The van der Waals surface area contributed by atoms with Crippen LogP contribution in [-0.4, -0.2) is 11.7 Å². The third kappa shape index (κ3) is 3.19. The summed E-state index contributed by atoms with van der Waals surface area (Å²) in [5.41, 5.74) is 3.01. The first-order valence-electron chi connectivity index (χ1n) is 6.56. The molecule has 0 saturated carbocycles. The summed E-state index contributed by atoms with van der Waals surface area (Å²) in [4.78, 5) is 0. The van der Waals surface area contributed by atoms with Crippen molar-refractivity contribution in [1.82, 2.24) is 9.88 Å². The molecule has 0 fully saturated rings. The molecule has 0 aliphatic rings. The lowest BCUT2D eigenvalue weighted by Gasteiger charge is -2.14. The SMILES string of the molecule is COc1ccc([C@@H](C)NCc2cc(C#N)n(C)c2)cc1. The number of nitrogens with one attached hydrogen (secondary N) is 1. The van der Waals surface area contributed by atoms with Gasteiger partial charge in [0.1, 0.15) is 17.5 Å². The van der Waals surface area contributed by atoms with E-state index in [0.717, 1.165) is 17.9 Å². The Morgan fingerprint density at radius 2 is 2.05 bits per heavy atom. The van der Waals surface area contributed by atoms with Crippen LogP contribution in [0.3, 0.4) is 0 Å². The fourth-order valence-corrected chi connectivity index (χ4v) is 2.12. The van der Waals surface area contributed by atoms with Crippen molar-refractivity contribution >= 4 is 0 Å². The highest BCUT2D eigenvalue weighted by Crippen LogP contribution is 2.18. The van der Waals surface area contributed by atoms with Crippen LogP contribution < -0.4 is 10.1 Å². The highest BCUT2D eigenvalue weighted by atomic mass is 16.5. The molecule has 0 bridgehead atoms. The molecule has 0 spiro atoms. The number of methoxy groups -OCH3 is 1. The second-order valence-corrected chi connectivity index (χ2v) is 4.83. The average Bonchev–Trinajstić information content (AvgIpc) is 2.85. The molecule has 0 unspecified atom stereocenters. The summed E-state index contributed by atoms with van der Waals surface area (Å²) in [5, 5.41) is 12.4. The van der Waals surface area contributed by atoms with Crippen molar-refractivity contribution in [3.63, 3.8) is 0 Å². The second-order valence-electron chi connectivity index (χ2n) is 4.83. The Balaban J connectivity index is 1.97. The molecule has 0 saturated heterocycles. The van der Waals surface area contributed by atoms with Gasteiger partial charge in [-0.3, -0.25) is 0 Å². The van der Waals surface area contributed by atoms with Gasteiger partial charge in [0.05, 0.1) is 7.11 Å². The number of hydrogen-bond donors (Lipinski definition) is 1. The molecule has 0 amide bonds. The first kappa shape index (κ1) is 14.2. The van der Waals surface area contributed by atoms with Gasteiger partial charge in [0, 0.05) is 25.8 Å². The molecular formula is C16H19N3O. The topological polar surface area (TPSA) is 50.0 Å². The van der Waals surface area contributed by atoms with Crippen molar-refractivity contribution in [2.24, 2.45) is 7.05 Å². The number of aryl methyl sites for hydroxylation is 1. The molecule has 0 radical (unpaired) electrons. The molecule has 0 aliphatic carbocycles. The molecule has 1 aromatic heterocycles. The van der Waals surface area contributed by atoms with Crippen LogP contribution in [0, 0.1) is 11.3 Å². The quantitative estimate of drug-likeness (QED) is 0.908. The summed E-state index contributed by atoms with van der Waals surface area (Å²) in [7, 11) is 3.55. The molecular weight excluding hydrogens is 250 g/mol. The van der Waals surface area contributed by atoms with Crippen LogP contribution in [0.5, 0.6) is 5.75 Å². The van der Waals surface area contributed by atoms with Crippen LogP contribution in [0.25, 0.3) is 0 Å². The highest BCUT2D eigenvalue weighted by Gasteiger charge is 2.07. The molecule has 2 rings (SSSR count). The summed E-state index contributed by atoms with van der Waals surface area (Å²) < 4.78 is 7.00. The number of nitriles is 1. The van der Waals surface area contributed by atoms with Crippen molar-refractivity contribution in [2.45, 2.75) is 19.5 Å². The summed E-state index contributed by atoms with van der Waals surface area (Å²) in [6.07, 6.45) is 1.98. The fourth-order valence-electron chi connectivity index (χ4n) is 2.12. The van der Waals surface area contributed by atoms with Crippen molar-refractivity contribution in [3.8, 4) is 11.8 Å². The smallest absolute Gasteiger partial charge is 0.120 e. The molecule has 0 aliphatic heterocycles. The van der Waals surface area contributed by atoms with Gasteiger partial charge in [-0.1, -0.05) is 12.1 Å². The van der Waals surface area contributed by atoms with Gasteiger partial charge < -0.3 is 14.6 Å². The molecule has 4 nitrogen and oxygen atoms in total. The van der Waals surface area contributed by atoms with Gasteiger partial charge in [-0.15, -0.1) is 0 Å². The normalized spacial score (nSPS) is 11.9. The second kappa shape index (κ2) is 6.27. The van der Waals surface area contributed by atoms with Crippen LogP contribution in [0.1, 0.15) is 29.8 Å². The molecule has 104 valence electrons. The summed E-state index contributed by atoms with van der Waals surface area (Å²) in [5.74, 6) is 0.864. The highest BCUT2D eigenvalue weighted by molar-refractivity contribution is 5.30. The molecule has 1 N–H and O–H groups in total. The summed E-state index contributed by atoms with van der Waals surface area (Å²) in [6.45, 7) is 2.86. The number of ether oxygens (including phenoxy) is 1. The van der Waals surface area contributed by atoms with Gasteiger partial charge in [0.2, 0.25) is 0 Å². The Morgan fingerprint density at radius 3 is 2.60 bits per heavy atom. The molecule has 2 aromatic rings. The minimum atomic E-state index is 0.242. The van der Waals surface area contributed by atoms with Gasteiger partial charge >= 0.3 is 0 Å². The van der Waals surface area contributed by atoms with E-state index in [2.05, 4.69) is 30.4 Å². The van der Waals surface area contributed by atoms with Crippen LogP contribution in [0.15, 0.2) is 36.5 Å². The van der Waals surface area contributed by atoms with Gasteiger partial charge in [0.15, 0.2) is 0 Å². The number of rotatable bonds is 5. The van der Waals surface area contributed by atoms with Crippen LogP contribution in [0.2, 0.25) is 0 Å². The number of benzene rings is 1. The molecule has 1 heterocycles. The Hall–Kier alpha value is -2.25. The Bertz CT molecular complexity index is 608. The van der Waals surface area contributed by atoms with Crippen molar-refractivity contribution in [1.29, 1.82) is 5.26 Å². The fraction of sp³-hybridized carbons (Fsp3) is 0.312. The number of nitrogens with zero attached hydrogens (tertiary/aromatic N) is 2. The number of hydrogen-bond acceptors (Lipinski definition) is 3. The monoisotopic (exact) mass is 269 g/mol.